The Bertz CT molecular complexity index is 996. The predicted molar refractivity (Wildman–Crippen MR) is 127 cm³/mol. The van der Waals surface area contributed by atoms with Crippen molar-refractivity contribution in [2.75, 3.05) is 32.1 Å². The van der Waals surface area contributed by atoms with Crippen LogP contribution >= 0.6 is 23.2 Å². The fourth-order valence-corrected chi connectivity index (χ4v) is 3.43. The normalized spacial score (nSPS) is 11.8. The van der Waals surface area contributed by atoms with E-state index in [4.69, 9.17) is 32.7 Å². The molecule has 3 aromatic carbocycles. The quantitative estimate of drug-likeness (QED) is 0.427. The lowest BCUT2D eigenvalue weighted by atomic mass is 10.3. The third-order valence-corrected chi connectivity index (χ3v) is 5.04. The molecular formula is C24H24Cl2N2O4. The van der Waals surface area contributed by atoms with E-state index >= 15 is 0 Å². The number of aliphatic hydroxyl groups excluding tert-OH is 1. The minimum atomic E-state index is -0.781. The Kier molecular flexibility index (Phi) is 8.76. The van der Waals surface area contributed by atoms with Crippen LogP contribution in [0.1, 0.15) is 0 Å². The molecule has 0 aliphatic heterocycles. The fraction of sp³-hybridized carbons (Fsp3) is 0.208. The summed E-state index contributed by atoms with van der Waals surface area (Å²) >= 11 is 12.1. The van der Waals surface area contributed by atoms with Crippen LogP contribution in [0.3, 0.4) is 0 Å². The number of carbonyl (C=O) groups is 1. The van der Waals surface area contributed by atoms with Crippen LogP contribution in [0.15, 0.2) is 72.8 Å². The van der Waals surface area contributed by atoms with E-state index in [1.165, 1.54) is 0 Å². The number of para-hydroxylation sites is 2. The number of carbonyl (C=O) groups excluding carboxylic acids is 1. The molecule has 0 bridgehead atoms. The Morgan fingerprint density at radius 2 is 1.53 bits per heavy atom. The lowest BCUT2D eigenvalue weighted by molar-refractivity contribution is -0.117. The van der Waals surface area contributed by atoms with Crippen molar-refractivity contribution in [1.82, 2.24) is 4.90 Å². The molecule has 0 aromatic heterocycles. The first-order valence-electron chi connectivity index (χ1n) is 9.97. The zero-order valence-corrected chi connectivity index (χ0v) is 19.0. The Labute approximate surface area is 197 Å². The zero-order valence-electron chi connectivity index (χ0n) is 17.5. The van der Waals surface area contributed by atoms with E-state index in [0.717, 1.165) is 5.75 Å². The maximum absolute atomic E-state index is 12.3. The summed E-state index contributed by atoms with van der Waals surface area (Å²) in [6.07, 6.45) is -0.781. The third kappa shape index (κ3) is 7.43. The molecule has 2 N–H and O–H groups in total. The second kappa shape index (κ2) is 11.7. The van der Waals surface area contributed by atoms with Crippen LogP contribution in [-0.4, -0.2) is 48.8 Å². The van der Waals surface area contributed by atoms with Crippen molar-refractivity contribution in [1.29, 1.82) is 0 Å². The fourth-order valence-electron chi connectivity index (χ4n) is 2.94. The average molecular weight is 475 g/mol. The van der Waals surface area contributed by atoms with Gasteiger partial charge in [-0.2, -0.15) is 0 Å². The van der Waals surface area contributed by atoms with Gasteiger partial charge in [0.25, 0.3) is 0 Å². The smallest absolute Gasteiger partial charge is 0.238 e. The highest BCUT2D eigenvalue weighted by atomic mass is 35.5. The number of likely N-dealkylation sites (N-methyl/N-ethyl adjacent to an activating group) is 1. The van der Waals surface area contributed by atoms with E-state index in [1.54, 1.807) is 54.4 Å². The van der Waals surface area contributed by atoms with E-state index in [9.17, 15) is 9.90 Å². The van der Waals surface area contributed by atoms with Gasteiger partial charge in [-0.3, -0.25) is 9.69 Å². The lowest BCUT2D eigenvalue weighted by Gasteiger charge is -2.20. The van der Waals surface area contributed by atoms with Gasteiger partial charge in [-0.1, -0.05) is 47.5 Å². The number of anilines is 1. The number of amides is 1. The number of rotatable bonds is 10. The van der Waals surface area contributed by atoms with E-state index < -0.39 is 6.10 Å². The van der Waals surface area contributed by atoms with Crippen molar-refractivity contribution in [3.8, 4) is 17.2 Å². The molecule has 6 nitrogen and oxygen atoms in total. The third-order valence-electron chi connectivity index (χ3n) is 4.41. The number of aliphatic hydroxyl groups is 1. The van der Waals surface area contributed by atoms with Crippen LogP contribution in [0.5, 0.6) is 17.2 Å². The number of halogens is 2. The standard InChI is InChI=1S/C24H24Cl2N2O4/c1-28(15-23(30)27-24-21(25)8-5-9-22(24)26)14-17(29)16-31-18-10-12-20(13-11-18)32-19-6-3-2-4-7-19/h2-13,17,29H,14-16H2,1H3,(H,27,30)/t17-/m0/s1. The molecule has 0 unspecified atom stereocenters. The van der Waals surface area contributed by atoms with Crippen LogP contribution in [0.25, 0.3) is 0 Å². The summed E-state index contributed by atoms with van der Waals surface area (Å²) in [4.78, 5) is 13.9. The largest absolute Gasteiger partial charge is 0.491 e. The van der Waals surface area contributed by atoms with E-state index in [2.05, 4.69) is 5.32 Å². The van der Waals surface area contributed by atoms with Gasteiger partial charge < -0.3 is 19.9 Å². The second-order valence-electron chi connectivity index (χ2n) is 7.19. The van der Waals surface area contributed by atoms with Gasteiger partial charge in [0.2, 0.25) is 5.91 Å². The van der Waals surface area contributed by atoms with Crippen molar-refractivity contribution in [2.24, 2.45) is 0 Å². The molecule has 1 atom stereocenters. The summed E-state index contributed by atoms with van der Waals surface area (Å²) in [7, 11) is 1.73. The van der Waals surface area contributed by atoms with Crippen LogP contribution in [-0.2, 0) is 4.79 Å². The second-order valence-corrected chi connectivity index (χ2v) is 8.01. The molecule has 8 heteroatoms. The van der Waals surface area contributed by atoms with Gasteiger partial charge in [0.1, 0.15) is 30.0 Å². The van der Waals surface area contributed by atoms with Gasteiger partial charge in [-0.05, 0) is 55.6 Å². The van der Waals surface area contributed by atoms with Crippen molar-refractivity contribution in [3.05, 3.63) is 82.8 Å². The molecule has 0 spiro atoms. The minimum Gasteiger partial charge on any atom is -0.491 e. The molecule has 0 fully saturated rings. The Hall–Kier alpha value is -2.77. The maximum atomic E-state index is 12.3. The number of benzene rings is 3. The summed E-state index contributed by atoms with van der Waals surface area (Å²) in [5.74, 6) is 1.76. The molecule has 0 heterocycles. The van der Waals surface area contributed by atoms with Gasteiger partial charge in [0.15, 0.2) is 0 Å². The number of hydrogen-bond acceptors (Lipinski definition) is 5. The van der Waals surface area contributed by atoms with Crippen LogP contribution in [0.4, 0.5) is 5.69 Å². The first-order valence-corrected chi connectivity index (χ1v) is 10.7. The van der Waals surface area contributed by atoms with E-state index in [-0.39, 0.29) is 25.6 Å². The molecule has 0 aliphatic rings. The molecule has 3 aromatic rings. The SMILES string of the molecule is CN(CC(=O)Nc1c(Cl)cccc1Cl)C[C@H](O)COc1ccc(Oc2ccccc2)cc1. The van der Waals surface area contributed by atoms with Crippen molar-refractivity contribution >= 4 is 34.8 Å². The predicted octanol–water partition coefficient (Wildman–Crippen LogP) is 5.10. The van der Waals surface area contributed by atoms with Gasteiger partial charge in [0, 0.05) is 6.54 Å². The number of nitrogens with one attached hydrogen (secondary N) is 1. The highest BCUT2D eigenvalue weighted by Crippen LogP contribution is 2.29. The Morgan fingerprint density at radius 3 is 2.19 bits per heavy atom. The Balaban J connectivity index is 1.41. The summed E-state index contributed by atoms with van der Waals surface area (Å²) in [5, 5.41) is 13.7. The van der Waals surface area contributed by atoms with Crippen LogP contribution < -0.4 is 14.8 Å². The number of hydrogen-bond donors (Lipinski definition) is 2. The summed E-state index contributed by atoms with van der Waals surface area (Å²) in [5.41, 5.74) is 0.373. The van der Waals surface area contributed by atoms with Crippen molar-refractivity contribution in [3.63, 3.8) is 0 Å². The van der Waals surface area contributed by atoms with Gasteiger partial charge in [-0.15, -0.1) is 0 Å². The molecule has 0 radical (unpaired) electrons. The summed E-state index contributed by atoms with van der Waals surface area (Å²) < 4.78 is 11.4. The van der Waals surface area contributed by atoms with Gasteiger partial charge >= 0.3 is 0 Å². The lowest BCUT2D eigenvalue weighted by Crippen LogP contribution is -2.37. The van der Waals surface area contributed by atoms with Gasteiger partial charge in [0.05, 0.1) is 22.3 Å². The minimum absolute atomic E-state index is 0.0597. The van der Waals surface area contributed by atoms with Crippen LogP contribution in [0, 0.1) is 0 Å². The van der Waals surface area contributed by atoms with Crippen molar-refractivity contribution in [2.45, 2.75) is 6.10 Å². The summed E-state index contributed by atoms with van der Waals surface area (Å²) in [6.45, 7) is 0.393. The molecule has 3 rings (SSSR count). The number of nitrogens with zero attached hydrogens (tertiary/aromatic N) is 1. The molecule has 1 amide bonds. The molecule has 32 heavy (non-hydrogen) atoms. The van der Waals surface area contributed by atoms with E-state index in [1.807, 2.05) is 30.3 Å². The molecule has 0 aliphatic carbocycles. The van der Waals surface area contributed by atoms with Crippen LogP contribution in [0.2, 0.25) is 10.0 Å². The van der Waals surface area contributed by atoms with Gasteiger partial charge in [-0.25, -0.2) is 0 Å². The first kappa shape index (κ1) is 23.9. The first-order chi connectivity index (χ1) is 15.4. The number of ether oxygens (including phenoxy) is 2. The molecule has 168 valence electrons. The highest BCUT2D eigenvalue weighted by molar-refractivity contribution is 6.39. The zero-order chi connectivity index (χ0) is 22.9. The molecular weight excluding hydrogens is 451 g/mol. The average Bonchev–Trinajstić information content (AvgIpc) is 2.76. The summed E-state index contributed by atoms with van der Waals surface area (Å²) in [6, 6.07) is 21.6. The maximum Gasteiger partial charge on any atom is 0.238 e. The van der Waals surface area contributed by atoms with E-state index in [0.29, 0.717) is 27.2 Å². The monoisotopic (exact) mass is 474 g/mol. The highest BCUT2D eigenvalue weighted by Gasteiger charge is 2.15. The molecule has 0 saturated heterocycles. The molecule has 0 saturated carbocycles. The topological polar surface area (TPSA) is 71.0 Å². The van der Waals surface area contributed by atoms with Crippen molar-refractivity contribution < 1.29 is 19.4 Å². The Morgan fingerprint density at radius 1 is 0.938 bits per heavy atom.